The maximum atomic E-state index is 12.5. The van der Waals surface area contributed by atoms with Gasteiger partial charge in [0.25, 0.3) is 5.91 Å². The fourth-order valence-electron chi connectivity index (χ4n) is 4.04. The molecule has 2 aromatic rings. The fraction of sp³-hybridized carbons (Fsp3) is 0.556. The smallest absolute Gasteiger partial charge is 0.261 e. The molecule has 2 saturated heterocycles. The molecule has 1 spiro atoms. The first kappa shape index (κ1) is 19.5. The number of carbonyl (C=O) groups is 3. The molecule has 0 unspecified atom stereocenters. The molecule has 1 N–H and O–H groups in total. The van der Waals surface area contributed by atoms with Crippen molar-refractivity contribution in [3.63, 3.8) is 0 Å². The molecule has 29 heavy (non-hydrogen) atoms. The zero-order chi connectivity index (χ0) is 20.3. The Hall–Kier alpha value is -2.82. The SMILES string of the molecule is O=C(NCC(=O)N1CCC2(CCN(C(=O)Cn3cnnn3)CC2)C1)c1cccs1. The second kappa shape index (κ2) is 8.27. The fourth-order valence-corrected chi connectivity index (χ4v) is 4.68. The summed E-state index contributed by atoms with van der Waals surface area (Å²) >= 11 is 1.35. The van der Waals surface area contributed by atoms with Crippen LogP contribution in [0.25, 0.3) is 0 Å². The number of rotatable bonds is 5. The molecule has 4 heterocycles. The molecule has 4 rings (SSSR count). The summed E-state index contributed by atoms with van der Waals surface area (Å²) in [5.41, 5.74) is 0.0685. The number of nitrogens with zero attached hydrogens (tertiary/aromatic N) is 6. The van der Waals surface area contributed by atoms with Crippen molar-refractivity contribution in [2.45, 2.75) is 25.8 Å². The molecule has 11 heteroatoms. The number of tetrazole rings is 1. The maximum absolute atomic E-state index is 12.5. The van der Waals surface area contributed by atoms with Crippen LogP contribution in [-0.2, 0) is 16.1 Å². The minimum atomic E-state index is -0.211. The minimum absolute atomic E-state index is 0.00867. The van der Waals surface area contributed by atoms with Crippen molar-refractivity contribution in [1.82, 2.24) is 35.3 Å². The molecule has 0 radical (unpaired) electrons. The van der Waals surface area contributed by atoms with Crippen molar-refractivity contribution in [3.8, 4) is 0 Å². The largest absolute Gasteiger partial charge is 0.342 e. The lowest BCUT2D eigenvalue weighted by Crippen LogP contribution is -2.46. The summed E-state index contributed by atoms with van der Waals surface area (Å²) in [6.45, 7) is 2.91. The molecular formula is C18H23N7O3S. The Morgan fingerprint density at radius 1 is 1.10 bits per heavy atom. The summed E-state index contributed by atoms with van der Waals surface area (Å²) in [7, 11) is 0. The molecule has 10 nitrogen and oxygen atoms in total. The van der Waals surface area contributed by atoms with Crippen LogP contribution < -0.4 is 5.32 Å². The van der Waals surface area contributed by atoms with Crippen molar-refractivity contribution in [3.05, 3.63) is 28.7 Å². The van der Waals surface area contributed by atoms with Crippen molar-refractivity contribution < 1.29 is 14.4 Å². The Morgan fingerprint density at radius 3 is 2.52 bits per heavy atom. The summed E-state index contributed by atoms with van der Waals surface area (Å²) in [4.78, 5) is 41.2. The van der Waals surface area contributed by atoms with E-state index in [4.69, 9.17) is 0 Å². The molecule has 0 bridgehead atoms. The number of nitrogens with one attached hydrogen (secondary N) is 1. The molecule has 2 aliphatic rings. The van der Waals surface area contributed by atoms with Gasteiger partial charge in [0, 0.05) is 26.2 Å². The first-order valence-corrected chi connectivity index (χ1v) is 10.5. The van der Waals surface area contributed by atoms with Gasteiger partial charge in [-0.3, -0.25) is 14.4 Å². The Balaban J connectivity index is 1.23. The normalized spacial score (nSPS) is 18.2. The lowest BCUT2D eigenvalue weighted by atomic mass is 9.78. The van der Waals surface area contributed by atoms with E-state index >= 15 is 0 Å². The van der Waals surface area contributed by atoms with Gasteiger partial charge in [0.1, 0.15) is 12.9 Å². The topological polar surface area (TPSA) is 113 Å². The van der Waals surface area contributed by atoms with E-state index in [0.717, 1.165) is 19.3 Å². The van der Waals surface area contributed by atoms with Gasteiger partial charge in [-0.15, -0.1) is 16.4 Å². The molecule has 2 aliphatic heterocycles. The number of piperidine rings is 1. The standard InChI is InChI=1S/C18H23N7O3S/c26-15(10-19-17(28)14-2-1-9-29-14)24-8-5-18(12-24)3-6-23(7-4-18)16(27)11-25-13-20-21-22-25/h1-2,9,13H,3-8,10-12H2,(H,19,28). The van der Waals surface area contributed by atoms with Crippen LogP contribution in [0.3, 0.4) is 0 Å². The van der Waals surface area contributed by atoms with E-state index in [9.17, 15) is 14.4 Å². The molecule has 0 atom stereocenters. The van der Waals surface area contributed by atoms with E-state index in [1.54, 1.807) is 6.07 Å². The first-order chi connectivity index (χ1) is 14.0. The molecule has 154 valence electrons. The molecule has 0 aliphatic carbocycles. The van der Waals surface area contributed by atoms with Crippen molar-refractivity contribution >= 4 is 29.1 Å². The molecule has 0 aromatic carbocycles. The average molecular weight is 417 g/mol. The summed E-state index contributed by atoms with van der Waals surface area (Å²) in [5, 5.41) is 15.4. The van der Waals surface area contributed by atoms with E-state index < -0.39 is 0 Å². The monoisotopic (exact) mass is 417 g/mol. The number of carbonyl (C=O) groups excluding carboxylic acids is 3. The van der Waals surface area contributed by atoms with Crippen molar-refractivity contribution in [2.24, 2.45) is 5.41 Å². The number of thiophene rings is 1. The highest BCUT2D eigenvalue weighted by Gasteiger charge is 2.42. The quantitative estimate of drug-likeness (QED) is 0.733. The van der Waals surface area contributed by atoms with Crippen molar-refractivity contribution in [1.29, 1.82) is 0 Å². The molecule has 2 fully saturated rings. The van der Waals surface area contributed by atoms with Crippen LogP contribution in [0, 0.1) is 5.41 Å². The van der Waals surface area contributed by atoms with Gasteiger partial charge >= 0.3 is 0 Å². The van der Waals surface area contributed by atoms with Crippen LogP contribution in [-0.4, -0.2) is 80.5 Å². The third-order valence-corrected chi connectivity index (χ3v) is 6.67. The second-order valence-electron chi connectivity index (χ2n) is 7.61. The van der Waals surface area contributed by atoms with Gasteiger partial charge in [-0.2, -0.15) is 0 Å². The van der Waals surface area contributed by atoms with Crippen LogP contribution in [0.15, 0.2) is 23.8 Å². The van der Waals surface area contributed by atoms with Gasteiger partial charge in [0.05, 0.1) is 11.4 Å². The zero-order valence-electron chi connectivity index (χ0n) is 16.0. The van der Waals surface area contributed by atoms with Gasteiger partial charge in [-0.1, -0.05) is 6.07 Å². The Labute approximate surface area is 171 Å². The highest BCUT2D eigenvalue weighted by Crippen LogP contribution is 2.40. The highest BCUT2D eigenvalue weighted by molar-refractivity contribution is 7.12. The third-order valence-electron chi connectivity index (χ3n) is 5.80. The van der Waals surface area contributed by atoms with E-state index in [1.165, 1.54) is 22.3 Å². The van der Waals surface area contributed by atoms with Crippen LogP contribution in [0.4, 0.5) is 0 Å². The summed E-state index contributed by atoms with van der Waals surface area (Å²) in [6, 6.07) is 3.55. The number of likely N-dealkylation sites (tertiary alicyclic amines) is 2. The van der Waals surface area contributed by atoms with Gasteiger partial charge in [0.2, 0.25) is 11.8 Å². The van der Waals surface area contributed by atoms with Gasteiger partial charge < -0.3 is 15.1 Å². The second-order valence-corrected chi connectivity index (χ2v) is 8.56. The summed E-state index contributed by atoms with van der Waals surface area (Å²) < 4.78 is 1.42. The van der Waals surface area contributed by atoms with Crippen LogP contribution >= 0.6 is 11.3 Å². The first-order valence-electron chi connectivity index (χ1n) is 9.63. The number of hydrogen-bond donors (Lipinski definition) is 1. The molecular weight excluding hydrogens is 394 g/mol. The summed E-state index contributed by atoms with van der Waals surface area (Å²) in [5.74, 6) is -0.255. The van der Waals surface area contributed by atoms with Crippen LogP contribution in [0.5, 0.6) is 0 Å². The third kappa shape index (κ3) is 4.44. The Kier molecular flexibility index (Phi) is 5.56. The van der Waals surface area contributed by atoms with E-state index in [-0.39, 0.29) is 36.2 Å². The van der Waals surface area contributed by atoms with Crippen LogP contribution in [0.2, 0.25) is 0 Å². The minimum Gasteiger partial charge on any atom is -0.342 e. The zero-order valence-corrected chi connectivity index (χ0v) is 16.8. The molecule has 3 amide bonds. The lowest BCUT2D eigenvalue weighted by Gasteiger charge is -2.39. The maximum Gasteiger partial charge on any atom is 0.261 e. The summed E-state index contributed by atoms with van der Waals surface area (Å²) in [6.07, 6.45) is 4.12. The molecule has 0 saturated carbocycles. The lowest BCUT2D eigenvalue weighted by molar-refractivity contribution is -0.135. The van der Waals surface area contributed by atoms with E-state index in [2.05, 4.69) is 20.8 Å². The number of amides is 3. The van der Waals surface area contributed by atoms with Crippen molar-refractivity contribution in [2.75, 3.05) is 32.7 Å². The Morgan fingerprint density at radius 2 is 1.86 bits per heavy atom. The predicted octanol–water partition coefficient (Wildman–Crippen LogP) is 0.00570. The van der Waals surface area contributed by atoms with Gasteiger partial charge in [0.15, 0.2) is 0 Å². The molecule has 2 aromatic heterocycles. The Bertz CT molecular complexity index is 860. The highest BCUT2D eigenvalue weighted by atomic mass is 32.1. The average Bonchev–Trinajstić information content (AvgIpc) is 3.49. The predicted molar refractivity (Wildman–Crippen MR) is 104 cm³/mol. The number of aromatic nitrogens is 4. The van der Waals surface area contributed by atoms with Gasteiger partial charge in [-0.05, 0) is 46.6 Å². The van der Waals surface area contributed by atoms with E-state index in [0.29, 0.717) is 31.1 Å². The van der Waals surface area contributed by atoms with Crippen LogP contribution in [0.1, 0.15) is 28.9 Å². The van der Waals surface area contributed by atoms with Gasteiger partial charge in [-0.25, -0.2) is 4.68 Å². The number of hydrogen-bond acceptors (Lipinski definition) is 7. The van der Waals surface area contributed by atoms with E-state index in [1.807, 2.05) is 21.2 Å².